The molecule has 1 aliphatic rings. The van der Waals surface area contributed by atoms with E-state index in [1.54, 1.807) is 0 Å². The lowest BCUT2D eigenvalue weighted by Gasteiger charge is -2.12. The molecule has 28 heavy (non-hydrogen) atoms. The molecule has 1 unspecified atom stereocenters. The fourth-order valence-electron chi connectivity index (χ4n) is 2.81. The van der Waals surface area contributed by atoms with E-state index in [1.165, 1.54) is 24.3 Å². The lowest BCUT2D eigenvalue weighted by molar-refractivity contribution is -0.142. The summed E-state index contributed by atoms with van der Waals surface area (Å²) in [6.07, 6.45) is -1.79. The topological polar surface area (TPSA) is 88.0 Å². The molecule has 2 aromatic rings. The quantitative estimate of drug-likeness (QED) is 0.695. The molecule has 3 N–H and O–H groups in total. The number of halogens is 4. The van der Waals surface area contributed by atoms with Crippen LogP contribution in [0.15, 0.2) is 36.5 Å². The summed E-state index contributed by atoms with van der Waals surface area (Å²) in [6.45, 7) is 0.596. The highest BCUT2D eigenvalue weighted by Crippen LogP contribution is 2.30. The standard InChI is InChI=1S/C17H18F3N5O2.ClH/c18-17(19,20)14-7-9-23-25(14)12-5-3-11(4-6-12)24-15(26)10-22-16(27)13-2-1-8-21-13;/h3-7,9,13,21H,1-2,8,10H2,(H,22,27)(H,24,26);1H. The van der Waals surface area contributed by atoms with Crippen LogP contribution >= 0.6 is 12.4 Å². The van der Waals surface area contributed by atoms with Crippen LogP contribution in [0.3, 0.4) is 0 Å². The van der Waals surface area contributed by atoms with E-state index in [0.717, 1.165) is 36.3 Å². The van der Waals surface area contributed by atoms with E-state index in [9.17, 15) is 22.8 Å². The second-order valence-electron chi connectivity index (χ2n) is 6.09. The number of anilines is 1. The van der Waals surface area contributed by atoms with Gasteiger partial charge in [0.05, 0.1) is 24.5 Å². The van der Waals surface area contributed by atoms with Crippen molar-refractivity contribution >= 4 is 29.9 Å². The maximum atomic E-state index is 12.9. The van der Waals surface area contributed by atoms with E-state index >= 15 is 0 Å². The predicted molar refractivity (Wildman–Crippen MR) is 98.5 cm³/mol. The van der Waals surface area contributed by atoms with Crippen LogP contribution in [0.1, 0.15) is 18.5 Å². The van der Waals surface area contributed by atoms with Gasteiger partial charge in [0.1, 0.15) is 5.69 Å². The fraction of sp³-hybridized carbons (Fsp3) is 0.353. The van der Waals surface area contributed by atoms with Gasteiger partial charge >= 0.3 is 6.18 Å². The summed E-state index contributed by atoms with van der Waals surface area (Å²) in [5, 5.41) is 11.8. The molecule has 0 spiro atoms. The van der Waals surface area contributed by atoms with Crippen molar-refractivity contribution in [1.82, 2.24) is 20.4 Å². The van der Waals surface area contributed by atoms with E-state index in [-0.39, 0.29) is 36.6 Å². The van der Waals surface area contributed by atoms with Crippen LogP contribution in [0, 0.1) is 0 Å². The SMILES string of the molecule is Cl.O=C(CNC(=O)C1CCCN1)Nc1ccc(-n2nccc2C(F)(F)F)cc1. The van der Waals surface area contributed by atoms with Crippen molar-refractivity contribution in [2.24, 2.45) is 0 Å². The third-order valence-corrected chi connectivity index (χ3v) is 4.13. The Morgan fingerprint density at radius 3 is 2.54 bits per heavy atom. The first-order chi connectivity index (χ1) is 12.8. The molecule has 0 radical (unpaired) electrons. The van der Waals surface area contributed by atoms with Crippen LogP contribution in [-0.4, -0.2) is 40.7 Å². The lowest BCUT2D eigenvalue weighted by Crippen LogP contribution is -2.43. The maximum absolute atomic E-state index is 12.9. The van der Waals surface area contributed by atoms with E-state index in [2.05, 4.69) is 21.0 Å². The molecule has 152 valence electrons. The highest BCUT2D eigenvalue weighted by atomic mass is 35.5. The van der Waals surface area contributed by atoms with Crippen LogP contribution in [0.4, 0.5) is 18.9 Å². The zero-order chi connectivity index (χ0) is 19.4. The summed E-state index contributed by atoms with van der Waals surface area (Å²) in [7, 11) is 0. The zero-order valence-electron chi connectivity index (χ0n) is 14.6. The number of hydrogen-bond acceptors (Lipinski definition) is 4. The number of hydrogen-bond donors (Lipinski definition) is 3. The van der Waals surface area contributed by atoms with Crippen LogP contribution in [0.2, 0.25) is 0 Å². The number of carbonyl (C=O) groups is 2. The van der Waals surface area contributed by atoms with Crippen molar-refractivity contribution in [3.63, 3.8) is 0 Å². The normalized spacial score (nSPS) is 16.3. The summed E-state index contributed by atoms with van der Waals surface area (Å²) in [4.78, 5) is 23.8. The van der Waals surface area contributed by atoms with Gasteiger partial charge in [-0.3, -0.25) is 9.59 Å². The zero-order valence-corrected chi connectivity index (χ0v) is 15.4. The highest BCUT2D eigenvalue weighted by Gasteiger charge is 2.35. The molecule has 1 aromatic carbocycles. The number of alkyl halides is 3. The Labute approximate surface area is 165 Å². The van der Waals surface area contributed by atoms with Crippen molar-refractivity contribution in [1.29, 1.82) is 0 Å². The van der Waals surface area contributed by atoms with Crippen LogP contribution in [0.25, 0.3) is 5.69 Å². The molecule has 0 bridgehead atoms. The largest absolute Gasteiger partial charge is 0.433 e. The van der Waals surface area contributed by atoms with Crippen molar-refractivity contribution in [3.8, 4) is 5.69 Å². The maximum Gasteiger partial charge on any atom is 0.433 e. The molecule has 11 heteroatoms. The van der Waals surface area contributed by atoms with E-state index in [4.69, 9.17) is 0 Å². The monoisotopic (exact) mass is 417 g/mol. The Morgan fingerprint density at radius 1 is 1.21 bits per heavy atom. The molecule has 0 saturated carbocycles. The van der Waals surface area contributed by atoms with E-state index in [1.807, 2.05) is 0 Å². The predicted octanol–water partition coefficient (Wildman–Crippen LogP) is 2.12. The summed E-state index contributed by atoms with van der Waals surface area (Å²) < 4.78 is 39.5. The van der Waals surface area contributed by atoms with Crippen molar-refractivity contribution in [2.45, 2.75) is 25.1 Å². The first-order valence-corrected chi connectivity index (χ1v) is 8.37. The minimum absolute atomic E-state index is 0. The van der Waals surface area contributed by atoms with Gasteiger partial charge in [-0.2, -0.15) is 18.3 Å². The molecule has 7 nitrogen and oxygen atoms in total. The molecule has 1 atom stereocenters. The van der Waals surface area contributed by atoms with Crippen molar-refractivity contribution in [2.75, 3.05) is 18.4 Å². The van der Waals surface area contributed by atoms with Crippen LogP contribution < -0.4 is 16.0 Å². The molecule has 1 aromatic heterocycles. The number of rotatable bonds is 5. The van der Waals surface area contributed by atoms with E-state index in [0.29, 0.717) is 5.69 Å². The van der Waals surface area contributed by atoms with E-state index < -0.39 is 17.8 Å². The molecule has 2 heterocycles. The van der Waals surface area contributed by atoms with Gasteiger partial charge in [0.2, 0.25) is 11.8 Å². The summed E-state index contributed by atoms with van der Waals surface area (Å²) in [6, 6.07) is 6.38. The molecule has 1 fully saturated rings. The fourth-order valence-corrected chi connectivity index (χ4v) is 2.81. The Bertz CT molecular complexity index is 817. The van der Waals surface area contributed by atoms with Gasteiger partial charge in [0.25, 0.3) is 0 Å². The molecule has 3 rings (SSSR count). The van der Waals surface area contributed by atoms with Crippen molar-refractivity contribution in [3.05, 3.63) is 42.2 Å². The first-order valence-electron chi connectivity index (χ1n) is 8.37. The molecule has 1 saturated heterocycles. The molecule has 1 aliphatic heterocycles. The summed E-state index contributed by atoms with van der Waals surface area (Å²) >= 11 is 0. The average molecular weight is 418 g/mol. The molecular formula is C17H19ClF3N5O2. The number of amides is 2. The van der Waals surface area contributed by atoms with Gasteiger partial charge < -0.3 is 16.0 Å². The lowest BCUT2D eigenvalue weighted by atomic mass is 10.2. The third kappa shape index (κ3) is 5.23. The van der Waals surface area contributed by atoms with Gasteiger partial charge in [-0.25, -0.2) is 4.68 Å². The number of nitrogens with one attached hydrogen (secondary N) is 3. The Hall–Kier alpha value is -2.59. The molecular weight excluding hydrogens is 399 g/mol. The summed E-state index contributed by atoms with van der Waals surface area (Å²) in [5.74, 6) is -0.652. The minimum atomic E-state index is -4.52. The van der Waals surface area contributed by atoms with Gasteiger partial charge in [-0.1, -0.05) is 0 Å². The Morgan fingerprint density at radius 2 is 1.93 bits per heavy atom. The Kier molecular flexibility index (Phi) is 7.03. The van der Waals surface area contributed by atoms with Gasteiger partial charge in [-0.15, -0.1) is 12.4 Å². The summed E-state index contributed by atoms with van der Waals surface area (Å²) in [5.41, 5.74) is -0.272. The van der Waals surface area contributed by atoms with Crippen LogP contribution in [-0.2, 0) is 15.8 Å². The number of carbonyl (C=O) groups excluding carboxylic acids is 2. The molecule has 2 amide bonds. The minimum Gasteiger partial charge on any atom is -0.346 e. The third-order valence-electron chi connectivity index (χ3n) is 4.13. The number of benzene rings is 1. The smallest absolute Gasteiger partial charge is 0.346 e. The Balaban J connectivity index is 0.00000280. The number of aromatic nitrogens is 2. The van der Waals surface area contributed by atoms with Gasteiger partial charge in [-0.05, 0) is 49.7 Å². The van der Waals surface area contributed by atoms with Crippen molar-refractivity contribution < 1.29 is 22.8 Å². The number of nitrogens with zero attached hydrogens (tertiary/aromatic N) is 2. The first kappa shape index (κ1) is 21.7. The van der Waals surface area contributed by atoms with Gasteiger partial charge in [0, 0.05) is 5.69 Å². The second kappa shape index (κ2) is 9.07. The average Bonchev–Trinajstić information content (AvgIpc) is 3.31. The van der Waals surface area contributed by atoms with Gasteiger partial charge in [0.15, 0.2) is 0 Å². The second-order valence-corrected chi connectivity index (χ2v) is 6.09. The molecule has 0 aliphatic carbocycles. The van der Waals surface area contributed by atoms with Crippen LogP contribution in [0.5, 0.6) is 0 Å². The highest BCUT2D eigenvalue weighted by molar-refractivity contribution is 5.95.